The molecule has 4 heteroatoms. The van der Waals surface area contributed by atoms with E-state index >= 15 is 0 Å². The lowest BCUT2D eigenvalue weighted by Gasteiger charge is -2.56. The van der Waals surface area contributed by atoms with E-state index in [4.69, 9.17) is 0 Å². The van der Waals surface area contributed by atoms with Crippen LogP contribution in [0.25, 0.3) is 0 Å². The zero-order valence-corrected chi connectivity index (χ0v) is 18.1. The molecule has 2 heterocycles. The van der Waals surface area contributed by atoms with E-state index in [1.165, 1.54) is 77.3 Å². The van der Waals surface area contributed by atoms with Crippen molar-refractivity contribution in [3.05, 3.63) is 30.3 Å². The van der Waals surface area contributed by atoms with Crippen LogP contribution in [0.1, 0.15) is 83.5 Å². The van der Waals surface area contributed by atoms with Gasteiger partial charge in [0.1, 0.15) is 0 Å². The van der Waals surface area contributed by atoms with E-state index in [1.54, 1.807) is 0 Å². The molecule has 3 fully saturated rings. The fourth-order valence-corrected chi connectivity index (χ4v) is 5.64. The normalized spacial score (nSPS) is 24.9. The molecular weight excluding hydrogens is 368 g/mol. The van der Waals surface area contributed by atoms with Crippen molar-refractivity contribution in [3.63, 3.8) is 0 Å². The van der Waals surface area contributed by atoms with Gasteiger partial charge in [0.05, 0.1) is 12.0 Å². The molecule has 1 amide bonds. The maximum Gasteiger partial charge on any atom is 0.229 e. The number of carbonyl (C=O) groups excluding carboxylic acids is 1. The summed E-state index contributed by atoms with van der Waals surface area (Å²) in [6.07, 6.45) is 17.2. The average molecular weight is 405 g/mol. The third-order valence-corrected chi connectivity index (χ3v) is 7.29. The van der Waals surface area contributed by atoms with Gasteiger partial charge in [-0.1, -0.05) is 69.6 Å². The van der Waals surface area contributed by atoms with Gasteiger partial charge >= 0.3 is 0 Å². The predicted octanol–water partition coefficient (Wildman–Crippen LogP) is 5.96. The van der Waals surface area contributed by atoms with Gasteiger partial charge in [0, 0.05) is 24.8 Å². The number of halogens is 1. The first kappa shape index (κ1) is 21.6. The van der Waals surface area contributed by atoms with Crippen molar-refractivity contribution in [2.24, 2.45) is 0 Å². The summed E-state index contributed by atoms with van der Waals surface area (Å²) in [6, 6.07) is 11.1. The van der Waals surface area contributed by atoms with Gasteiger partial charge < -0.3 is 9.80 Å². The summed E-state index contributed by atoms with van der Waals surface area (Å²) >= 11 is 0. The van der Waals surface area contributed by atoms with Gasteiger partial charge in [-0.2, -0.15) is 0 Å². The molecule has 2 aliphatic heterocycles. The number of piperidine rings is 1. The zero-order chi connectivity index (χ0) is 18.5. The highest BCUT2D eigenvalue weighted by Gasteiger charge is 2.52. The Balaban J connectivity index is 0.00000225. The zero-order valence-electron chi connectivity index (χ0n) is 17.3. The molecule has 3 nitrogen and oxygen atoms in total. The van der Waals surface area contributed by atoms with Crippen LogP contribution in [-0.2, 0) is 4.79 Å². The number of rotatable bonds is 2. The third kappa shape index (κ3) is 4.74. The summed E-state index contributed by atoms with van der Waals surface area (Å²) < 4.78 is 0. The van der Waals surface area contributed by atoms with Gasteiger partial charge in [0.15, 0.2) is 0 Å². The lowest BCUT2D eigenvalue weighted by atomic mass is 9.75. The van der Waals surface area contributed by atoms with Crippen molar-refractivity contribution < 1.29 is 4.79 Å². The quantitative estimate of drug-likeness (QED) is 0.567. The number of para-hydroxylation sites is 1. The Bertz CT molecular complexity index is 600. The molecule has 0 radical (unpaired) electrons. The largest absolute Gasteiger partial charge is 0.306 e. The molecule has 0 bridgehead atoms. The summed E-state index contributed by atoms with van der Waals surface area (Å²) in [6.45, 7) is 2.34. The number of anilines is 1. The molecule has 28 heavy (non-hydrogen) atoms. The average Bonchev–Trinajstić information content (AvgIpc) is 2.75. The van der Waals surface area contributed by atoms with Crippen molar-refractivity contribution >= 4 is 24.0 Å². The monoisotopic (exact) mass is 404 g/mol. The van der Waals surface area contributed by atoms with Crippen molar-refractivity contribution in [1.29, 1.82) is 0 Å². The molecule has 1 spiro atoms. The van der Waals surface area contributed by atoms with E-state index in [1.807, 2.05) is 18.2 Å². The minimum absolute atomic E-state index is 0. The first-order valence-corrected chi connectivity index (χ1v) is 11.4. The third-order valence-electron chi connectivity index (χ3n) is 7.29. The first-order chi connectivity index (χ1) is 13.3. The van der Waals surface area contributed by atoms with E-state index in [0.717, 1.165) is 31.0 Å². The molecule has 0 atom stereocenters. The van der Waals surface area contributed by atoms with E-state index < -0.39 is 0 Å². The number of hydrogen-bond acceptors (Lipinski definition) is 2. The second kappa shape index (κ2) is 10.1. The van der Waals surface area contributed by atoms with Crippen molar-refractivity contribution in [2.75, 3.05) is 18.0 Å². The maximum absolute atomic E-state index is 12.4. The SMILES string of the molecule is Cl.O=C1CC2(CCN(C3CCCCCCCCCC3)CC2)N1c1ccccc1. The Labute approximate surface area is 177 Å². The number of hydrogen-bond donors (Lipinski definition) is 0. The van der Waals surface area contributed by atoms with Crippen molar-refractivity contribution in [2.45, 2.75) is 95.1 Å². The van der Waals surface area contributed by atoms with Crippen LogP contribution >= 0.6 is 12.4 Å². The predicted molar refractivity (Wildman–Crippen MR) is 119 cm³/mol. The Hall–Kier alpha value is -1.06. The standard InChI is InChI=1S/C24H36N2O.ClH/c27-23-20-24(26(23)22-14-10-7-11-15-22)16-18-25(19-17-24)21-12-8-5-3-1-2-4-6-9-13-21;/h7,10-11,14-15,21H,1-6,8-9,12-13,16-20H2;1H. The molecule has 0 unspecified atom stereocenters. The molecule has 1 aromatic carbocycles. The molecular formula is C24H37ClN2O. The summed E-state index contributed by atoms with van der Waals surface area (Å²) in [7, 11) is 0. The van der Waals surface area contributed by atoms with Crippen LogP contribution in [0, 0.1) is 0 Å². The van der Waals surface area contributed by atoms with E-state index in [2.05, 4.69) is 21.9 Å². The molecule has 0 N–H and O–H groups in total. The molecule has 2 saturated heterocycles. The van der Waals surface area contributed by atoms with Crippen molar-refractivity contribution in [3.8, 4) is 0 Å². The van der Waals surface area contributed by atoms with Gasteiger partial charge in [-0.25, -0.2) is 0 Å². The molecule has 1 aromatic rings. The molecule has 1 saturated carbocycles. The van der Waals surface area contributed by atoms with Crippen LogP contribution in [0.3, 0.4) is 0 Å². The summed E-state index contributed by atoms with van der Waals surface area (Å²) in [5.74, 6) is 0.310. The number of benzene rings is 1. The van der Waals surface area contributed by atoms with Crippen LogP contribution in [0.15, 0.2) is 30.3 Å². The van der Waals surface area contributed by atoms with Gasteiger partial charge in [-0.15, -0.1) is 12.4 Å². The summed E-state index contributed by atoms with van der Waals surface area (Å²) in [5, 5.41) is 0. The lowest BCUT2D eigenvalue weighted by molar-refractivity contribution is -0.129. The second-order valence-electron chi connectivity index (χ2n) is 9.06. The number of carbonyl (C=O) groups is 1. The van der Waals surface area contributed by atoms with Crippen LogP contribution in [-0.4, -0.2) is 35.5 Å². The Morgan fingerprint density at radius 2 is 1.32 bits per heavy atom. The van der Waals surface area contributed by atoms with Gasteiger partial charge in [-0.05, 0) is 37.8 Å². The van der Waals surface area contributed by atoms with Gasteiger partial charge in [0.2, 0.25) is 5.91 Å². The first-order valence-electron chi connectivity index (χ1n) is 11.4. The summed E-state index contributed by atoms with van der Waals surface area (Å²) in [5.41, 5.74) is 1.19. The summed E-state index contributed by atoms with van der Waals surface area (Å²) in [4.78, 5) is 17.3. The minimum atomic E-state index is 0. The Morgan fingerprint density at radius 1 is 0.786 bits per heavy atom. The van der Waals surface area contributed by atoms with Crippen LogP contribution in [0.4, 0.5) is 5.69 Å². The number of nitrogens with zero attached hydrogens (tertiary/aromatic N) is 2. The second-order valence-corrected chi connectivity index (χ2v) is 9.06. The smallest absolute Gasteiger partial charge is 0.229 e. The van der Waals surface area contributed by atoms with E-state index in [0.29, 0.717) is 5.91 Å². The fraction of sp³-hybridized carbons (Fsp3) is 0.708. The van der Waals surface area contributed by atoms with Crippen LogP contribution < -0.4 is 4.90 Å². The van der Waals surface area contributed by atoms with E-state index in [-0.39, 0.29) is 17.9 Å². The maximum atomic E-state index is 12.4. The molecule has 4 rings (SSSR count). The Morgan fingerprint density at radius 3 is 1.86 bits per heavy atom. The van der Waals surface area contributed by atoms with Crippen LogP contribution in [0.2, 0.25) is 0 Å². The topological polar surface area (TPSA) is 23.6 Å². The highest BCUT2D eigenvalue weighted by Crippen LogP contribution is 2.44. The fourth-order valence-electron chi connectivity index (χ4n) is 5.64. The minimum Gasteiger partial charge on any atom is -0.306 e. The molecule has 0 aromatic heterocycles. The number of likely N-dealkylation sites (tertiary alicyclic amines) is 1. The van der Waals surface area contributed by atoms with Crippen LogP contribution in [0.5, 0.6) is 0 Å². The lowest BCUT2D eigenvalue weighted by Crippen LogP contribution is -2.68. The molecule has 1 aliphatic carbocycles. The highest BCUT2D eigenvalue weighted by molar-refractivity contribution is 6.02. The van der Waals surface area contributed by atoms with E-state index in [9.17, 15) is 4.79 Å². The van der Waals surface area contributed by atoms with Gasteiger partial charge in [0.25, 0.3) is 0 Å². The number of β-lactam (4-membered cyclic amide) rings is 1. The number of amides is 1. The molecule has 156 valence electrons. The Kier molecular flexibility index (Phi) is 7.82. The van der Waals surface area contributed by atoms with Crippen molar-refractivity contribution in [1.82, 2.24) is 4.90 Å². The molecule has 3 aliphatic rings. The highest BCUT2D eigenvalue weighted by atomic mass is 35.5. The van der Waals surface area contributed by atoms with Gasteiger partial charge in [-0.3, -0.25) is 4.79 Å².